The zero-order valence-corrected chi connectivity index (χ0v) is 19.5. The maximum Gasteiger partial charge on any atom is 0.433 e. The minimum atomic E-state index is -4.56. The average molecular weight is 517 g/mol. The smallest absolute Gasteiger partial charge is 0.381 e. The lowest BCUT2D eigenvalue weighted by molar-refractivity contribution is -0.144. The van der Waals surface area contributed by atoms with Crippen molar-refractivity contribution in [2.24, 2.45) is 0 Å². The van der Waals surface area contributed by atoms with E-state index in [-0.39, 0.29) is 32.6 Å². The third-order valence-electron chi connectivity index (χ3n) is 6.56. The molecule has 3 aromatic rings. The first-order valence-corrected chi connectivity index (χ1v) is 11.8. The van der Waals surface area contributed by atoms with Crippen LogP contribution in [0.25, 0.3) is 10.9 Å². The topological polar surface area (TPSA) is 51.1 Å². The molecule has 2 aliphatic heterocycles. The number of benzene rings is 2. The van der Waals surface area contributed by atoms with Gasteiger partial charge < -0.3 is 15.4 Å². The van der Waals surface area contributed by atoms with E-state index in [0.717, 1.165) is 4.68 Å². The highest BCUT2D eigenvalue weighted by Crippen LogP contribution is 2.43. The van der Waals surface area contributed by atoms with Gasteiger partial charge >= 0.3 is 6.18 Å². The van der Waals surface area contributed by atoms with Crippen molar-refractivity contribution in [3.63, 3.8) is 0 Å². The lowest BCUT2D eigenvalue weighted by atomic mass is 9.88. The van der Waals surface area contributed by atoms with Gasteiger partial charge in [0.1, 0.15) is 5.82 Å². The van der Waals surface area contributed by atoms with Crippen molar-refractivity contribution >= 4 is 39.8 Å². The van der Waals surface area contributed by atoms with Gasteiger partial charge in [-0.05, 0) is 56.1 Å². The van der Waals surface area contributed by atoms with Crippen molar-refractivity contribution in [3.05, 3.63) is 57.5 Å². The van der Waals surface area contributed by atoms with Crippen LogP contribution in [0.4, 0.5) is 23.2 Å². The number of nitrogens with zero attached hydrogens (tertiary/aromatic N) is 2. The third kappa shape index (κ3) is 4.12. The molecule has 34 heavy (non-hydrogen) atoms. The predicted octanol–water partition coefficient (Wildman–Crippen LogP) is 6.15. The quantitative estimate of drug-likeness (QED) is 0.322. The summed E-state index contributed by atoms with van der Waals surface area (Å²) in [5.74, 6) is -0.505. The first-order valence-electron chi connectivity index (χ1n) is 11.0. The number of alkyl halides is 3. The molecule has 5 nitrogen and oxygen atoms in total. The Labute approximate surface area is 203 Å². The molecule has 1 atom stereocenters. The Kier molecular flexibility index (Phi) is 6.16. The molecular formula is C23H22Cl2F4N4O. The van der Waals surface area contributed by atoms with Crippen LogP contribution in [0.2, 0.25) is 10.0 Å². The second kappa shape index (κ2) is 8.86. The monoisotopic (exact) mass is 516 g/mol. The number of halogens is 6. The van der Waals surface area contributed by atoms with Gasteiger partial charge in [-0.2, -0.15) is 18.3 Å². The van der Waals surface area contributed by atoms with Crippen molar-refractivity contribution in [1.29, 1.82) is 0 Å². The lowest BCUT2D eigenvalue weighted by Gasteiger charge is -2.33. The second-order valence-electron chi connectivity index (χ2n) is 8.72. The number of rotatable bonds is 4. The highest BCUT2D eigenvalue weighted by Gasteiger charge is 2.42. The molecule has 2 aromatic carbocycles. The molecule has 0 unspecified atom stereocenters. The first kappa shape index (κ1) is 23.7. The van der Waals surface area contributed by atoms with E-state index in [1.54, 1.807) is 12.1 Å². The Morgan fingerprint density at radius 1 is 1.15 bits per heavy atom. The van der Waals surface area contributed by atoms with Crippen molar-refractivity contribution < 1.29 is 22.3 Å². The number of ether oxygens (including phenoxy) is 1. The summed E-state index contributed by atoms with van der Waals surface area (Å²) in [5.41, 5.74) is -0.729. The van der Waals surface area contributed by atoms with E-state index < -0.39 is 23.2 Å². The molecule has 0 saturated carbocycles. The maximum atomic E-state index is 14.9. The highest BCUT2D eigenvalue weighted by atomic mass is 35.5. The number of fused-ring (bicyclic) bond motifs is 1. The van der Waals surface area contributed by atoms with Crippen LogP contribution in [0.1, 0.15) is 36.6 Å². The summed E-state index contributed by atoms with van der Waals surface area (Å²) in [7, 11) is 0. The zero-order chi connectivity index (χ0) is 24.1. The number of nitrogens with one attached hydrogen (secondary N) is 2. The van der Waals surface area contributed by atoms with Crippen molar-refractivity contribution in [2.75, 3.05) is 31.6 Å². The molecule has 5 rings (SSSR count). The minimum absolute atomic E-state index is 0.0232. The number of hydrogen-bond acceptors (Lipinski definition) is 4. The average Bonchev–Trinajstić information content (AvgIpc) is 3.42. The second-order valence-corrected chi connectivity index (χ2v) is 9.50. The predicted molar refractivity (Wildman–Crippen MR) is 123 cm³/mol. The van der Waals surface area contributed by atoms with E-state index in [1.807, 2.05) is 0 Å². The Morgan fingerprint density at radius 3 is 2.59 bits per heavy atom. The molecular weight excluding hydrogens is 495 g/mol. The summed E-state index contributed by atoms with van der Waals surface area (Å²) in [6.45, 7) is 1.76. The summed E-state index contributed by atoms with van der Waals surface area (Å²) < 4.78 is 63.4. The number of hydrogen-bond donors (Lipinski definition) is 2. The van der Waals surface area contributed by atoms with Crippen molar-refractivity contribution in [2.45, 2.75) is 37.0 Å². The maximum absolute atomic E-state index is 14.9. The summed E-state index contributed by atoms with van der Waals surface area (Å²) in [5, 5.41) is 11.2. The highest BCUT2D eigenvalue weighted by molar-refractivity contribution is 6.42. The molecule has 3 heterocycles. The van der Waals surface area contributed by atoms with Crippen molar-refractivity contribution in [1.82, 2.24) is 15.1 Å². The van der Waals surface area contributed by atoms with Crippen LogP contribution in [-0.4, -0.2) is 36.1 Å². The molecule has 2 fully saturated rings. The van der Waals surface area contributed by atoms with Gasteiger partial charge in [0.25, 0.3) is 0 Å². The summed E-state index contributed by atoms with van der Waals surface area (Å²) in [6.07, 6.45) is -3.13. The fourth-order valence-corrected chi connectivity index (χ4v) is 5.47. The van der Waals surface area contributed by atoms with E-state index in [0.29, 0.717) is 51.3 Å². The third-order valence-corrected chi connectivity index (χ3v) is 7.37. The zero-order valence-electron chi connectivity index (χ0n) is 18.0. The molecule has 0 spiro atoms. The molecule has 0 amide bonds. The Balaban J connectivity index is 1.58. The van der Waals surface area contributed by atoms with Gasteiger partial charge in [0, 0.05) is 36.4 Å². The normalized spacial score (nSPS) is 21.9. The fraction of sp³-hybridized carbons (Fsp3) is 0.435. The van der Waals surface area contributed by atoms with Gasteiger partial charge in [-0.1, -0.05) is 23.2 Å². The van der Waals surface area contributed by atoms with Gasteiger partial charge in [-0.3, -0.25) is 4.68 Å². The first-order chi connectivity index (χ1) is 16.2. The molecule has 0 radical (unpaired) electrons. The molecule has 0 bridgehead atoms. The summed E-state index contributed by atoms with van der Waals surface area (Å²) >= 11 is 12.6. The van der Waals surface area contributed by atoms with Crippen LogP contribution in [0.15, 0.2) is 30.3 Å². The van der Waals surface area contributed by atoms with Gasteiger partial charge in [0.2, 0.25) is 0 Å². The van der Waals surface area contributed by atoms with Gasteiger partial charge in [-0.25, -0.2) is 4.39 Å². The number of aromatic nitrogens is 2. The molecule has 2 saturated heterocycles. The summed E-state index contributed by atoms with van der Waals surface area (Å²) in [6, 6.07) is 6.81. The standard InChI is InChI=1S/C23H22Cl2F4N4O/c24-16-3-4-17(26)19(20(16)25)22(7-8-30-12-22)31-13-1-2-15-18(11-13)32-33(21(15)23(27,28)29)14-5-9-34-10-6-14/h1-4,11,14,30-31H,5-10,12H2/t22-/m1/s1. The molecule has 1 aromatic heterocycles. The van der Waals surface area contributed by atoms with Crippen LogP contribution in [0.5, 0.6) is 0 Å². The Bertz CT molecular complexity index is 1220. The SMILES string of the molecule is Fc1ccc(Cl)c(Cl)c1[C@@]1(Nc2ccc3c(C(F)(F)F)n(C4CCOCC4)nc3c2)CCNC1. The van der Waals surface area contributed by atoms with Gasteiger partial charge in [0.15, 0.2) is 5.69 Å². The van der Waals surface area contributed by atoms with E-state index in [1.165, 1.54) is 18.2 Å². The van der Waals surface area contributed by atoms with Crippen LogP contribution < -0.4 is 10.6 Å². The van der Waals surface area contributed by atoms with Crippen LogP contribution >= 0.6 is 23.2 Å². The van der Waals surface area contributed by atoms with E-state index >= 15 is 0 Å². The van der Waals surface area contributed by atoms with E-state index in [2.05, 4.69) is 15.7 Å². The van der Waals surface area contributed by atoms with Crippen LogP contribution in [0.3, 0.4) is 0 Å². The molecule has 2 N–H and O–H groups in total. The van der Waals surface area contributed by atoms with Crippen LogP contribution in [-0.2, 0) is 16.5 Å². The minimum Gasteiger partial charge on any atom is -0.381 e. The van der Waals surface area contributed by atoms with Crippen LogP contribution in [0, 0.1) is 5.82 Å². The molecule has 11 heteroatoms. The van der Waals surface area contributed by atoms with E-state index in [4.69, 9.17) is 27.9 Å². The Morgan fingerprint density at radius 2 is 1.91 bits per heavy atom. The lowest BCUT2D eigenvalue weighted by Crippen LogP contribution is -2.39. The largest absolute Gasteiger partial charge is 0.433 e. The van der Waals surface area contributed by atoms with Gasteiger partial charge in [0.05, 0.1) is 27.1 Å². The molecule has 2 aliphatic rings. The molecule has 0 aliphatic carbocycles. The number of anilines is 1. The fourth-order valence-electron chi connectivity index (χ4n) is 4.97. The van der Waals surface area contributed by atoms with Crippen molar-refractivity contribution in [3.8, 4) is 0 Å². The summed E-state index contributed by atoms with van der Waals surface area (Å²) in [4.78, 5) is 0. The van der Waals surface area contributed by atoms with E-state index in [9.17, 15) is 17.6 Å². The molecule has 182 valence electrons. The Hall–Kier alpha value is -2.07. The van der Waals surface area contributed by atoms with Gasteiger partial charge in [-0.15, -0.1) is 0 Å².